The van der Waals surface area contributed by atoms with Crippen LogP contribution in [0.25, 0.3) is 0 Å². The molecule has 0 aromatic heterocycles. The fourth-order valence-electron chi connectivity index (χ4n) is 3.02. The molecule has 3 nitrogen and oxygen atoms in total. The number of morpholine rings is 1. The number of aliphatic hydroxyl groups is 1. The van der Waals surface area contributed by atoms with E-state index in [1.807, 2.05) is 0 Å². The van der Waals surface area contributed by atoms with Gasteiger partial charge in [0, 0.05) is 17.6 Å². The Kier molecular flexibility index (Phi) is 3.03. The summed E-state index contributed by atoms with van der Waals surface area (Å²) in [4.78, 5) is 0. The van der Waals surface area contributed by atoms with Gasteiger partial charge in [0.1, 0.15) is 0 Å². The van der Waals surface area contributed by atoms with Crippen molar-refractivity contribution in [2.75, 3.05) is 13.2 Å². The van der Waals surface area contributed by atoms with Crippen molar-refractivity contribution < 1.29 is 23.0 Å². The number of hydrogen-bond donors (Lipinski definition) is 2. The number of fused-ring (bicyclic) bond motifs is 2. The minimum atomic E-state index is -1.54. The Morgan fingerprint density at radius 2 is 1.74 bits per heavy atom. The van der Waals surface area contributed by atoms with Crippen molar-refractivity contribution in [3.05, 3.63) is 35.1 Å². The van der Waals surface area contributed by atoms with Gasteiger partial charge in [0.15, 0.2) is 17.5 Å². The van der Waals surface area contributed by atoms with Gasteiger partial charge in [-0.1, -0.05) is 6.07 Å². The van der Waals surface area contributed by atoms with Gasteiger partial charge in [0.05, 0.1) is 18.8 Å². The molecule has 2 N–H and O–H groups in total. The average Bonchev–Trinajstić information content (AvgIpc) is 2.35. The topological polar surface area (TPSA) is 41.5 Å². The first-order chi connectivity index (χ1) is 8.99. The highest BCUT2D eigenvalue weighted by Crippen LogP contribution is 2.38. The number of nitrogens with one attached hydrogen (secondary N) is 1. The Balaban J connectivity index is 1.98. The summed E-state index contributed by atoms with van der Waals surface area (Å²) in [5.74, 6) is -4.09. The van der Waals surface area contributed by atoms with Crippen LogP contribution in [-0.4, -0.2) is 30.4 Å². The Morgan fingerprint density at radius 3 is 2.37 bits per heavy atom. The maximum atomic E-state index is 13.8. The first-order valence-corrected chi connectivity index (χ1v) is 6.20. The number of benzene rings is 1. The fourth-order valence-corrected chi connectivity index (χ4v) is 3.02. The van der Waals surface area contributed by atoms with Crippen LogP contribution < -0.4 is 5.32 Å². The van der Waals surface area contributed by atoms with Gasteiger partial charge in [-0.05, 0) is 18.9 Å². The summed E-state index contributed by atoms with van der Waals surface area (Å²) >= 11 is 0. The summed E-state index contributed by atoms with van der Waals surface area (Å²) in [6.45, 7) is 0.841. The molecule has 104 valence electrons. The van der Waals surface area contributed by atoms with Crippen LogP contribution in [0.4, 0.5) is 13.2 Å². The first-order valence-electron chi connectivity index (χ1n) is 6.20. The number of halogens is 3. The largest absolute Gasteiger partial charge is 0.385 e. The third-order valence-corrected chi connectivity index (χ3v) is 3.81. The van der Waals surface area contributed by atoms with Gasteiger partial charge >= 0.3 is 0 Å². The molecule has 6 heteroatoms. The zero-order chi connectivity index (χ0) is 13.6. The maximum absolute atomic E-state index is 13.8. The minimum Gasteiger partial charge on any atom is -0.385 e. The number of piperidine rings is 1. The molecule has 0 saturated carbocycles. The van der Waals surface area contributed by atoms with Gasteiger partial charge in [-0.2, -0.15) is 0 Å². The molecular formula is C13H14F3NO2. The number of hydrogen-bond acceptors (Lipinski definition) is 3. The average molecular weight is 273 g/mol. The van der Waals surface area contributed by atoms with Crippen LogP contribution in [0.2, 0.25) is 0 Å². The highest BCUT2D eigenvalue weighted by molar-refractivity contribution is 5.28. The number of ether oxygens (including phenoxy) is 1. The molecular weight excluding hydrogens is 259 g/mol. The van der Waals surface area contributed by atoms with Gasteiger partial charge < -0.3 is 15.2 Å². The van der Waals surface area contributed by atoms with Crippen LogP contribution in [0.1, 0.15) is 18.4 Å². The number of rotatable bonds is 1. The molecule has 0 amide bonds. The lowest BCUT2D eigenvalue weighted by molar-refractivity contribution is -0.0820. The van der Waals surface area contributed by atoms with E-state index in [1.165, 1.54) is 0 Å². The van der Waals surface area contributed by atoms with E-state index in [0.717, 1.165) is 12.1 Å². The summed E-state index contributed by atoms with van der Waals surface area (Å²) in [6.07, 6.45) is 0.428. The third-order valence-electron chi connectivity index (χ3n) is 3.81. The summed E-state index contributed by atoms with van der Waals surface area (Å²) < 4.78 is 45.4. The van der Waals surface area contributed by atoms with Gasteiger partial charge in [0.25, 0.3) is 0 Å². The molecule has 1 aromatic carbocycles. The normalized spacial score (nSPS) is 34.3. The summed E-state index contributed by atoms with van der Waals surface area (Å²) in [5, 5.41) is 13.9. The minimum absolute atomic E-state index is 0.106. The SMILES string of the molecule is OC1(c2ccc(F)c(F)c2F)CC2COCC(C1)N2. The Morgan fingerprint density at radius 1 is 1.11 bits per heavy atom. The highest BCUT2D eigenvalue weighted by atomic mass is 19.2. The lowest BCUT2D eigenvalue weighted by atomic mass is 9.78. The Bertz CT molecular complexity index is 497. The van der Waals surface area contributed by atoms with Crippen LogP contribution in [-0.2, 0) is 10.3 Å². The molecule has 2 saturated heterocycles. The fraction of sp³-hybridized carbons (Fsp3) is 0.538. The molecule has 19 heavy (non-hydrogen) atoms. The lowest BCUT2D eigenvalue weighted by Gasteiger charge is -2.45. The van der Waals surface area contributed by atoms with E-state index >= 15 is 0 Å². The molecule has 2 atom stereocenters. The monoisotopic (exact) mass is 273 g/mol. The summed E-state index contributed by atoms with van der Waals surface area (Å²) in [5.41, 5.74) is -1.66. The molecule has 1 aromatic rings. The maximum Gasteiger partial charge on any atom is 0.194 e. The molecule has 0 spiro atoms. The molecule has 2 heterocycles. The van der Waals surface area contributed by atoms with Crippen molar-refractivity contribution in [1.29, 1.82) is 0 Å². The van der Waals surface area contributed by atoms with E-state index in [4.69, 9.17) is 4.74 Å². The van der Waals surface area contributed by atoms with E-state index in [-0.39, 0.29) is 30.5 Å². The van der Waals surface area contributed by atoms with Crippen molar-refractivity contribution in [2.45, 2.75) is 30.5 Å². The standard InChI is InChI=1S/C13H14F3NO2/c14-10-2-1-9(11(15)12(10)16)13(18)3-7-5-19-6-8(4-13)17-7/h1-2,7-8,17-18H,3-6H2. The quantitative estimate of drug-likeness (QED) is 0.761. The molecule has 0 radical (unpaired) electrons. The zero-order valence-electron chi connectivity index (χ0n) is 10.1. The molecule has 2 aliphatic heterocycles. The van der Waals surface area contributed by atoms with Crippen molar-refractivity contribution in [3.8, 4) is 0 Å². The molecule has 2 bridgehead atoms. The summed E-state index contributed by atoms with van der Waals surface area (Å²) in [7, 11) is 0. The van der Waals surface area contributed by atoms with Crippen LogP contribution >= 0.6 is 0 Å². The van der Waals surface area contributed by atoms with Crippen LogP contribution in [0.5, 0.6) is 0 Å². The zero-order valence-corrected chi connectivity index (χ0v) is 10.1. The Hall–Kier alpha value is -1.11. The molecule has 0 aliphatic carbocycles. The molecule has 3 rings (SSSR count). The van der Waals surface area contributed by atoms with E-state index in [0.29, 0.717) is 13.2 Å². The van der Waals surface area contributed by atoms with Crippen molar-refractivity contribution in [3.63, 3.8) is 0 Å². The van der Waals surface area contributed by atoms with Crippen LogP contribution in [0, 0.1) is 17.5 Å². The second-order valence-electron chi connectivity index (χ2n) is 5.26. The van der Waals surface area contributed by atoms with E-state index < -0.39 is 23.1 Å². The third kappa shape index (κ3) is 2.13. The second-order valence-corrected chi connectivity index (χ2v) is 5.26. The van der Waals surface area contributed by atoms with Gasteiger partial charge in [-0.3, -0.25) is 0 Å². The van der Waals surface area contributed by atoms with E-state index in [1.54, 1.807) is 0 Å². The van der Waals surface area contributed by atoms with Crippen LogP contribution in [0.15, 0.2) is 12.1 Å². The van der Waals surface area contributed by atoms with E-state index in [9.17, 15) is 18.3 Å². The summed E-state index contributed by atoms with van der Waals surface area (Å²) in [6, 6.07) is 1.76. The molecule has 2 fully saturated rings. The Labute approximate surface area is 108 Å². The van der Waals surface area contributed by atoms with E-state index in [2.05, 4.69) is 5.32 Å². The van der Waals surface area contributed by atoms with Crippen molar-refractivity contribution in [2.24, 2.45) is 0 Å². The highest BCUT2D eigenvalue weighted by Gasteiger charge is 2.44. The van der Waals surface area contributed by atoms with Crippen LogP contribution in [0.3, 0.4) is 0 Å². The predicted molar refractivity (Wildman–Crippen MR) is 61.0 cm³/mol. The van der Waals surface area contributed by atoms with Gasteiger partial charge in [-0.15, -0.1) is 0 Å². The van der Waals surface area contributed by atoms with Gasteiger partial charge in [-0.25, -0.2) is 13.2 Å². The molecule has 2 unspecified atom stereocenters. The molecule has 2 aliphatic rings. The second kappa shape index (κ2) is 4.47. The van der Waals surface area contributed by atoms with Crippen molar-refractivity contribution in [1.82, 2.24) is 5.32 Å². The first kappa shape index (κ1) is 12.9. The van der Waals surface area contributed by atoms with Crippen molar-refractivity contribution >= 4 is 0 Å². The van der Waals surface area contributed by atoms with Gasteiger partial charge in [0.2, 0.25) is 0 Å². The predicted octanol–water partition coefficient (Wildman–Crippen LogP) is 1.44. The lowest BCUT2D eigenvalue weighted by Crippen LogP contribution is -2.58. The smallest absolute Gasteiger partial charge is 0.194 e.